The van der Waals surface area contributed by atoms with Gasteiger partial charge in [-0.15, -0.1) is 35.3 Å². The van der Waals surface area contributed by atoms with Gasteiger partial charge in [0, 0.05) is 38.3 Å². The number of aryl methyl sites for hydroxylation is 1. The molecule has 0 radical (unpaired) electrons. The van der Waals surface area contributed by atoms with Crippen molar-refractivity contribution < 1.29 is 9.53 Å². The minimum Gasteiger partial charge on any atom is -0.492 e. The molecule has 0 saturated carbocycles. The first-order valence-electron chi connectivity index (χ1n) is 10.5. The molecule has 4 rings (SSSR count). The van der Waals surface area contributed by atoms with Crippen LogP contribution in [0.2, 0.25) is 0 Å². The van der Waals surface area contributed by atoms with Gasteiger partial charge >= 0.3 is 0 Å². The highest BCUT2D eigenvalue weighted by Crippen LogP contribution is 2.27. The average molecular weight is 555 g/mol. The molecule has 1 amide bonds. The number of ether oxygens (including phenoxy) is 1. The molecule has 31 heavy (non-hydrogen) atoms. The Morgan fingerprint density at radius 1 is 1.29 bits per heavy atom. The summed E-state index contributed by atoms with van der Waals surface area (Å²) < 4.78 is 5.88. The van der Waals surface area contributed by atoms with Gasteiger partial charge in [-0.2, -0.15) is 0 Å². The van der Waals surface area contributed by atoms with E-state index in [1.165, 1.54) is 5.00 Å². The summed E-state index contributed by atoms with van der Waals surface area (Å²) in [4.78, 5) is 18.3. The van der Waals surface area contributed by atoms with Crippen LogP contribution in [0.1, 0.15) is 24.8 Å². The highest BCUT2D eigenvalue weighted by Gasteiger charge is 2.20. The Bertz CT molecular complexity index is 882. The summed E-state index contributed by atoms with van der Waals surface area (Å²) >= 11 is 1.81. The number of carbonyl (C=O) groups excluding carboxylic acids is 1. The number of thiophene rings is 1. The van der Waals surface area contributed by atoms with Crippen LogP contribution in [0.25, 0.3) is 0 Å². The van der Waals surface area contributed by atoms with E-state index in [0.29, 0.717) is 25.6 Å². The fourth-order valence-corrected chi connectivity index (χ4v) is 4.66. The number of halogens is 1. The third-order valence-electron chi connectivity index (χ3n) is 5.51. The van der Waals surface area contributed by atoms with Crippen LogP contribution >= 0.6 is 35.3 Å². The molecular weight excluding hydrogens is 525 g/mol. The zero-order valence-electron chi connectivity index (χ0n) is 17.7. The number of fused-ring (bicyclic) bond motifs is 1. The van der Waals surface area contributed by atoms with Crippen LogP contribution in [0.4, 0.5) is 10.7 Å². The summed E-state index contributed by atoms with van der Waals surface area (Å²) in [5.41, 5.74) is 2.03. The van der Waals surface area contributed by atoms with Crippen molar-refractivity contribution in [2.24, 2.45) is 4.99 Å². The number of guanidine groups is 1. The summed E-state index contributed by atoms with van der Waals surface area (Å²) in [6, 6.07) is 10.6. The van der Waals surface area contributed by atoms with E-state index in [0.717, 1.165) is 55.3 Å². The van der Waals surface area contributed by atoms with E-state index in [-0.39, 0.29) is 29.9 Å². The van der Waals surface area contributed by atoms with Crippen molar-refractivity contribution in [1.29, 1.82) is 0 Å². The Balaban J connectivity index is 0.00000272. The number of benzene rings is 1. The van der Waals surface area contributed by atoms with Crippen LogP contribution in [0.15, 0.2) is 40.7 Å². The number of hydrogen-bond donors (Lipinski definition) is 3. The van der Waals surface area contributed by atoms with Crippen molar-refractivity contribution >= 4 is 57.9 Å². The Kier molecular flexibility index (Phi) is 8.82. The van der Waals surface area contributed by atoms with Crippen LogP contribution in [0.5, 0.6) is 5.75 Å². The van der Waals surface area contributed by atoms with Gasteiger partial charge in [-0.3, -0.25) is 9.79 Å². The highest BCUT2D eigenvalue weighted by molar-refractivity contribution is 14.0. The molecule has 1 saturated heterocycles. The van der Waals surface area contributed by atoms with Gasteiger partial charge in [0.2, 0.25) is 5.91 Å². The van der Waals surface area contributed by atoms with Gasteiger partial charge in [0.1, 0.15) is 12.4 Å². The van der Waals surface area contributed by atoms with Gasteiger partial charge in [0.15, 0.2) is 5.96 Å². The summed E-state index contributed by atoms with van der Waals surface area (Å²) in [7, 11) is 1.80. The number of nitrogens with zero attached hydrogens (tertiary/aromatic N) is 2. The maximum absolute atomic E-state index is 11.5. The van der Waals surface area contributed by atoms with Gasteiger partial charge in [0.05, 0.1) is 11.5 Å². The van der Waals surface area contributed by atoms with Crippen molar-refractivity contribution in [3.05, 3.63) is 41.3 Å². The lowest BCUT2D eigenvalue weighted by molar-refractivity contribution is -0.116. The molecule has 0 aliphatic carbocycles. The molecule has 2 aliphatic rings. The van der Waals surface area contributed by atoms with Crippen molar-refractivity contribution in [3.8, 4) is 5.75 Å². The number of aliphatic imine (C=N–C) groups is 1. The fourth-order valence-electron chi connectivity index (χ4n) is 3.87. The Morgan fingerprint density at radius 2 is 2.13 bits per heavy atom. The molecule has 1 aromatic heterocycles. The molecule has 0 spiro atoms. The summed E-state index contributed by atoms with van der Waals surface area (Å²) in [6.45, 7) is 3.35. The van der Waals surface area contributed by atoms with Crippen molar-refractivity contribution in [2.45, 2.75) is 31.7 Å². The lowest BCUT2D eigenvalue weighted by Crippen LogP contribution is -2.49. The third kappa shape index (κ3) is 6.49. The van der Waals surface area contributed by atoms with E-state index >= 15 is 0 Å². The third-order valence-corrected chi connectivity index (χ3v) is 6.44. The first kappa shape index (κ1) is 23.6. The number of amides is 1. The SMILES string of the molecule is CN=C(NCCOc1ccc2c(c1)CCC(=O)N2)NC1CCN(c2cccs2)CC1.I. The van der Waals surface area contributed by atoms with Crippen LogP contribution in [-0.4, -0.2) is 51.2 Å². The van der Waals surface area contributed by atoms with Crippen molar-refractivity contribution in [1.82, 2.24) is 10.6 Å². The minimum atomic E-state index is 0. The first-order chi connectivity index (χ1) is 14.7. The summed E-state index contributed by atoms with van der Waals surface area (Å²) in [5.74, 6) is 1.73. The molecule has 168 valence electrons. The summed E-state index contributed by atoms with van der Waals surface area (Å²) in [5, 5.41) is 13.3. The Labute approximate surface area is 204 Å². The number of hydrogen-bond acceptors (Lipinski definition) is 5. The quantitative estimate of drug-likeness (QED) is 0.220. The maximum Gasteiger partial charge on any atom is 0.224 e. The van der Waals surface area contributed by atoms with Crippen LogP contribution in [0, 0.1) is 0 Å². The largest absolute Gasteiger partial charge is 0.492 e. The molecule has 3 N–H and O–H groups in total. The van der Waals surface area contributed by atoms with Crippen LogP contribution in [0.3, 0.4) is 0 Å². The lowest BCUT2D eigenvalue weighted by atomic mass is 10.0. The van der Waals surface area contributed by atoms with E-state index in [2.05, 4.69) is 43.4 Å². The van der Waals surface area contributed by atoms with Crippen LogP contribution < -0.4 is 25.6 Å². The predicted octanol–water partition coefficient (Wildman–Crippen LogP) is 3.46. The molecule has 1 aromatic carbocycles. The monoisotopic (exact) mass is 555 g/mol. The van der Waals surface area contributed by atoms with E-state index in [4.69, 9.17) is 4.74 Å². The minimum absolute atomic E-state index is 0. The Morgan fingerprint density at radius 3 is 2.87 bits per heavy atom. The fraction of sp³-hybridized carbons (Fsp3) is 0.455. The lowest BCUT2D eigenvalue weighted by Gasteiger charge is -2.33. The average Bonchev–Trinajstić information content (AvgIpc) is 3.31. The molecule has 9 heteroatoms. The zero-order chi connectivity index (χ0) is 20.8. The van der Waals surface area contributed by atoms with Gasteiger partial charge in [-0.05, 0) is 60.5 Å². The molecule has 7 nitrogen and oxygen atoms in total. The molecule has 0 unspecified atom stereocenters. The Hall–Kier alpha value is -2.01. The smallest absolute Gasteiger partial charge is 0.224 e. The second kappa shape index (κ2) is 11.6. The number of rotatable bonds is 6. The van der Waals surface area contributed by atoms with Crippen molar-refractivity contribution in [3.63, 3.8) is 0 Å². The van der Waals surface area contributed by atoms with E-state index in [1.54, 1.807) is 18.4 Å². The van der Waals surface area contributed by atoms with Crippen molar-refractivity contribution in [2.75, 3.05) is 43.5 Å². The number of piperidine rings is 1. The molecule has 1 fully saturated rings. The zero-order valence-corrected chi connectivity index (χ0v) is 20.9. The van der Waals surface area contributed by atoms with Gasteiger partial charge in [-0.25, -0.2) is 0 Å². The van der Waals surface area contributed by atoms with Gasteiger partial charge in [0.25, 0.3) is 0 Å². The topological polar surface area (TPSA) is 78.0 Å². The van der Waals surface area contributed by atoms with E-state index in [9.17, 15) is 4.79 Å². The molecule has 0 bridgehead atoms. The predicted molar refractivity (Wildman–Crippen MR) is 138 cm³/mol. The highest BCUT2D eigenvalue weighted by atomic mass is 127. The second-order valence-corrected chi connectivity index (χ2v) is 8.50. The maximum atomic E-state index is 11.5. The normalized spacial score (nSPS) is 16.7. The molecule has 2 aliphatic heterocycles. The molecule has 3 heterocycles. The summed E-state index contributed by atoms with van der Waals surface area (Å²) in [6.07, 6.45) is 3.49. The van der Waals surface area contributed by atoms with Gasteiger partial charge < -0.3 is 25.6 Å². The van der Waals surface area contributed by atoms with E-state index < -0.39 is 0 Å². The number of nitrogens with one attached hydrogen (secondary N) is 3. The molecule has 2 aromatic rings. The number of anilines is 2. The molecule has 0 atom stereocenters. The molecular formula is C22H30IN5O2S. The standard InChI is InChI=1S/C22H29N5O2S.HI/c1-23-22(25-17-8-11-27(12-9-17)21-3-2-14-30-21)24-10-13-29-18-5-6-19-16(15-18)4-7-20(28)26-19;/h2-3,5-6,14-15,17H,4,7-13H2,1H3,(H,26,28)(H2,23,24,25);1H. The number of carbonyl (C=O) groups is 1. The van der Waals surface area contributed by atoms with Crippen LogP contribution in [-0.2, 0) is 11.2 Å². The second-order valence-electron chi connectivity index (χ2n) is 7.57. The first-order valence-corrected chi connectivity index (χ1v) is 11.4. The van der Waals surface area contributed by atoms with Gasteiger partial charge in [-0.1, -0.05) is 0 Å². The van der Waals surface area contributed by atoms with E-state index in [1.807, 2.05) is 18.2 Å².